The molecule has 2 atom stereocenters. The van der Waals surface area contributed by atoms with Gasteiger partial charge in [-0.1, -0.05) is 22.9 Å². The maximum absolute atomic E-state index is 5.86. The van der Waals surface area contributed by atoms with Crippen molar-refractivity contribution in [2.45, 2.75) is 38.8 Å². The van der Waals surface area contributed by atoms with Crippen LogP contribution in [0.15, 0.2) is 6.20 Å². The molecule has 1 saturated heterocycles. The molecule has 2 unspecified atom stereocenters. The third kappa shape index (κ3) is 1.67. The Morgan fingerprint density at radius 2 is 2.08 bits per heavy atom. The largest absolute Gasteiger partial charge is 0.343 e. The lowest BCUT2D eigenvalue weighted by molar-refractivity contribution is 0.691. The average molecular weight is 217 g/mol. The zero-order chi connectivity index (χ0) is 9.42. The summed E-state index contributed by atoms with van der Waals surface area (Å²) in [5.74, 6) is 0. The fourth-order valence-electron chi connectivity index (χ4n) is 1.94. The number of halogens is 1. The van der Waals surface area contributed by atoms with Gasteiger partial charge in [0, 0.05) is 12.1 Å². The Morgan fingerprint density at radius 1 is 1.46 bits per heavy atom. The van der Waals surface area contributed by atoms with Crippen molar-refractivity contribution in [2.24, 2.45) is 0 Å². The van der Waals surface area contributed by atoms with Gasteiger partial charge in [-0.05, 0) is 26.7 Å². The molecule has 0 aromatic carbocycles. The molecule has 72 valence electrons. The Kier molecular flexibility index (Phi) is 2.47. The number of anilines is 1. The molecule has 0 radical (unpaired) electrons. The second-order valence-corrected chi connectivity index (χ2v) is 5.27. The SMILES string of the molecule is CC1CCC(C)N1c1ncc(Cl)s1. The number of hydrogen-bond acceptors (Lipinski definition) is 3. The second kappa shape index (κ2) is 3.46. The van der Waals surface area contributed by atoms with Crippen LogP contribution in [0.2, 0.25) is 4.34 Å². The van der Waals surface area contributed by atoms with E-state index < -0.39 is 0 Å². The summed E-state index contributed by atoms with van der Waals surface area (Å²) in [6.45, 7) is 4.50. The van der Waals surface area contributed by atoms with Crippen LogP contribution < -0.4 is 4.90 Å². The first kappa shape index (κ1) is 9.28. The highest BCUT2D eigenvalue weighted by Crippen LogP contribution is 2.34. The fraction of sp³-hybridized carbons (Fsp3) is 0.667. The molecule has 1 aliphatic rings. The van der Waals surface area contributed by atoms with Gasteiger partial charge in [-0.3, -0.25) is 0 Å². The summed E-state index contributed by atoms with van der Waals surface area (Å²) in [5.41, 5.74) is 0. The van der Waals surface area contributed by atoms with Crippen LogP contribution in [0.25, 0.3) is 0 Å². The molecule has 0 N–H and O–H groups in total. The van der Waals surface area contributed by atoms with Crippen molar-refractivity contribution in [3.8, 4) is 0 Å². The van der Waals surface area contributed by atoms with Gasteiger partial charge in [0.1, 0.15) is 4.34 Å². The molecule has 1 aliphatic heterocycles. The molecule has 0 spiro atoms. The van der Waals surface area contributed by atoms with Crippen LogP contribution in [0.4, 0.5) is 5.13 Å². The second-order valence-electron chi connectivity index (χ2n) is 3.63. The van der Waals surface area contributed by atoms with Crippen molar-refractivity contribution in [3.05, 3.63) is 10.5 Å². The lowest BCUT2D eigenvalue weighted by Gasteiger charge is -2.25. The van der Waals surface area contributed by atoms with E-state index in [1.54, 1.807) is 17.5 Å². The molecule has 0 aliphatic carbocycles. The maximum Gasteiger partial charge on any atom is 0.187 e. The minimum Gasteiger partial charge on any atom is -0.343 e. The standard InChI is InChI=1S/C9H13ClN2S/c1-6-3-4-7(2)12(6)9-11-5-8(10)13-9/h5-7H,3-4H2,1-2H3. The van der Waals surface area contributed by atoms with E-state index in [2.05, 4.69) is 23.7 Å². The minimum absolute atomic E-state index is 0.609. The zero-order valence-electron chi connectivity index (χ0n) is 7.83. The van der Waals surface area contributed by atoms with E-state index in [0.29, 0.717) is 12.1 Å². The predicted molar refractivity (Wildman–Crippen MR) is 57.8 cm³/mol. The summed E-state index contributed by atoms with van der Waals surface area (Å²) in [6, 6.07) is 1.22. The molecule has 2 heterocycles. The molecular formula is C9H13ClN2S. The molecule has 1 fully saturated rings. The van der Waals surface area contributed by atoms with Crippen LogP contribution >= 0.6 is 22.9 Å². The first-order valence-electron chi connectivity index (χ1n) is 4.58. The first-order chi connectivity index (χ1) is 6.18. The molecule has 2 nitrogen and oxygen atoms in total. The quantitative estimate of drug-likeness (QED) is 0.717. The van der Waals surface area contributed by atoms with Gasteiger partial charge in [0.25, 0.3) is 0 Å². The molecule has 0 amide bonds. The van der Waals surface area contributed by atoms with Crippen LogP contribution in [0, 0.1) is 0 Å². The Labute approximate surface area is 87.5 Å². The highest BCUT2D eigenvalue weighted by atomic mass is 35.5. The fourth-order valence-corrected chi connectivity index (χ4v) is 3.04. The normalized spacial score (nSPS) is 28.4. The van der Waals surface area contributed by atoms with Crippen molar-refractivity contribution >= 4 is 28.1 Å². The van der Waals surface area contributed by atoms with E-state index in [1.807, 2.05) is 0 Å². The molecule has 1 aromatic heterocycles. The lowest BCUT2D eigenvalue weighted by Crippen LogP contribution is -2.32. The summed E-state index contributed by atoms with van der Waals surface area (Å²) in [6.07, 6.45) is 4.26. The number of rotatable bonds is 1. The number of hydrogen-bond donors (Lipinski definition) is 0. The van der Waals surface area contributed by atoms with Crippen molar-refractivity contribution in [1.82, 2.24) is 4.98 Å². The van der Waals surface area contributed by atoms with Crippen LogP contribution in [-0.2, 0) is 0 Å². The molecule has 4 heteroatoms. The zero-order valence-corrected chi connectivity index (χ0v) is 9.40. The number of nitrogens with zero attached hydrogens (tertiary/aromatic N) is 2. The summed E-state index contributed by atoms with van der Waals surface area (Å²) < 4.78 is 0.779. The van der Waals surface area contributed by atoms with Crippen LogP contribution in [0.3, 0.4) is 0 Å². The molecule has 0 saturated carbocycles. The monoisotopic (exact) mass is 216 g/mol. The molecule has 13 heavy (non-hydrogen) atoms. The van der Waals surface area contributed by atoms with E-state index in [9.17, 15) is 0 Å². The summed E-state index contributed by atoms with van der Waals surface area (Å²) >= 11 is 7.44. The molecular weight excluding hydrogens is 204 g/mol. The van der Waals surface area contributed by atoms with Gasteiger partial charge >= 0.3 is 0 Å². The van der Waals surface area contributed by atoms with Crippen LogP contribution in [0.5, 0.6) is 0 Å². The predicted octanol–water partition coefficient (Wildman–Crippen LogP) is 3.17. The van der Waals surface area contributed by atoms with Crippen molar-refractivity contribution < 1.29 is 0 Å². The van der Waals surface area contributed by atoms with E-state index >= 15 is 0 Å². The minimum atomic E-state index is 0.609. The Balaban J connectivity index is 2.24. The highest BCUT2D eigenvalue weighted by Gasteiger charge is 2.29. The van der Waals surface area contributed by atoms with Gasteiger partial charge in [-0.15, -0.1) is 0 Å². The third-order valence-electron chi connectivity index (χ3n) is 2.64. The highest BCUT2D eigenvalue weighted by molar-refractivity contribution is 7.19. The van der Waals surface area contributed by atoms with Gasteiger partial charge in [-0.2, -0.15) is 0 Å². The summed E-state index contributed by atoms with van der Waals surface area (Å²) in [5, 5.41) is 1.07. The molecule has 1 aromatic rings. The van der Waals surface area contributed by atoms with Gasteiger partial charge < -0.3 is 4.90 Å². The number of thiazole rings is 1. The Bertz CT molecular complexity index is 290. The van der Waals surface area contributed by atoms with E-state index in [4.69, 9.17) is 11.6 Å². The topological polar surface area (TPSA) is 16.1 Å². The summed E-state index contributed by atoms with van der Waals surface area (Å²) in [7, 11) is 0. The molecule has 2 rings (SSSR count). The van der Waals surface area contributed by atoms with Crippen LogP contribution in [0.1, 0.15) is 26.7 Å². The van der Waals surface area contributed by atoms with E-state index in [-0.39, 0.29) is 0 Å². The van der Waals surface area contributed by atoms with E-state index in [1.165, 1.54) is 12.8 Å². The summed E-state index contributed by atoms with van der Waals surface area (Å²) in [4.78, 5) is 6.68. The van der Waals surface area contributed by atoms with Gasteiger partial charge in [0.2, 0.25) is 0 Å². The van der Waals surface area contributed by atoms with Crippen LogP contribution in [-0.4, -0.2) is 17.1 Å². The Hall–Kier alpha value is -0.280. The van der Waals surface area contributed by atoms with Crippen molar-refractivity contribution in [1.29, 1.82) is 0 Å². The van der Waals surface area contributed by atoms with E-state index in [0.717, 1.165) is 9.47 Å². The van der Waals surface area contributed by atoms with Crippen molar-refractivity contribution in [2.75, 3.05) is 4.90 Å². The third-order valence-corrected chi connectivity index (χ3v) is 3.77. The first-order valence-corrected chi connectivity index (χ1v) is 5.77. The average Bonchev–Trinajstić information content (AvgIpc) is 2.60. The van der Waals surface area contributed by atoms with Gasteiger partial charge in [0.05, 0.1) is 6.20 Å². The Morgan fingerprint density at radius 3 is 2.54 bits per heavy atom. The smallest absolute Gasteiger partial charge is 0.187 e. The lowest BCUT2D eigenvalue weighted by atomic mass is 10.2. The van der Waals surface area contributed by atoms with Crippen molar-refractivity contribution in [3.63, 3.8) is 0 Å². The number of aromatic nitrogens is 1. The maximum atomic E-state index is 5.86. The van der Waals surface area contributed by atoms with Gasteiger partial charge in [-0.25, -0.2) is 4.98 Å². The molecule has 0 bridgehead atoms. The van der Waals surface area contributed by atoms with Gasteiger partial charge in [0.15, 0.2) is 5.13 Å².